The Morgan fingerprint density at radius 3 is 2.47 bits per heavy atom. The lowest BCUT2D eigenvalue weighted by Crippen LogP contribution is -2.38. The third-order valence-corrected chi connectivity index (χ3v) is 5.33. The molecule has 1 spiro atoms. The Morgan fingerprint density at radius 1 is 1.11 bits per heavy atom. The van der Waals surface area contributed by atoms with Crippen LogP contribution in [-0.4, -0.2) is 31.1 Å². The van der Waals surface area contributed by atoms with Crippen LogP contribution in [0, 0.1) is 5.41 Å². The number of nitrogens with zero attached hydrogens (tertiary/aromatic N) is 1. The third-order valence-electron chi connectivity index (χ3n) is 4.63. The van der Waals surface area contributed by atoms with E-state index in [-0.39, 0.29) is 0 Å². The summed E-state index contributed by atoms with van der Waals surface area (Å²) in [6.45, 7) is 5.58. The lowest BCUT2D eigenvalue weighted by Gasteiger charge is -2.34. The highest BCUT2D eigenvalue weighted by molar-refractivity contribution is 6.35. The lowest BCUT2D eigenvalue weighted by molar-refractivity contribution is 0.194. The highest BCUT2D eigenvalue weighted by atomic mass is 35.5. The standard InChI is InChI=1S/C15H20Cl2N2/c16-13-2-1-3-14(17)12(13)10-19-9-6-15(11-19)4-7-18-8-5-15/h1-3,18H,4-11H2. The van der Waals surface area contributed by atoms with Gasteiger partial charge in [-0.25, -0.2) is 0 Å². The molecule has 3 rings (SSSR count). The normalized spacial score (nSPS) is 23.1. The van der Waals surface area contributed by atoms with Gasteiger partial charge in [0.05, 0.1) is 0 Å². The van der Waals surface area contributed by atoms with Crippen LogP contribution in [0.5, 0.6) is 0 Å². The number of hydrogen-bond acceptors (Lipinski definition) is 2. The fourth-order valence-electron chi connectivity index (χ4n) is 3.43. The summed E-state index contributed by atoms with van der Waals surface area (Å²) in [6, 6.07) is 5.77. The molecule has 2 fully saturated rings. The maximum atomic E-state index is 6.26. The van der Waals surface area contributed by atoms with E-state index in [1.807, 2.05) is 18.2 Å². The molecule has 0 aromatic heterocycles. The summed E-state index contributed by atoms with van der Waals surface area (Å²) in [6.07, 6.45) is 3.93. The zero-order valence-electron chi connectivity index (χ0n) is 11.1. The molecule has 0 bridgehead atoms. The zero-order valence-corrected chi connectivity index (χ0v) is 12.6. The van der Waals surface area contributed by atoms with Crippen LogP contribution in [0.15, 0.2) is 18.2 Å². The van der Waals surface area contributed by atoms with Crippen LogP contribution in [0.1, 0.15) is 24.8 Å². The van der Waals surface area contributed by atoms with E-state index in [0.717, 1.165) is 22.2 Å². The molecule has 0 amide bonds. The zero-order chi connectivity index (χ0) is 13.3. The minimum atomic E-state index is 0.541. The molecular weight excluding hydrogens is 279 g/mol. The summed E-state index contributed by atoms with van der Waals surface area (Å²) >= 11 is 12.5. The minimum absolute atomic E-state index is 0.541. The molecule has 2 aliphatic heterocycles. The fraction of sp³-hybridized carbons (Fsp3) is 0.600. The van der Waals surface area contributed by atoms with Crippen LogP contribution in [0.25, 0.3) is 0 Å². The molecule has 0 radical (unpaired) electrons. The molecule has 1 N–H and O–H groups in total. The Kier molecular flexibility index (Phi) is 4.04. The summed E-state index contributed by atoms with van der Waals surface area (Å²) in [4.78, 5) is 2.51. The van der Waals surface area contributed by atoms with Crippen LogP contribution in [0.2, 0.25) is 10.0 Å². The lowest BCUT2D eigenvalue weighted by atomic mass is 9.78. The van der Waals surface area contributed by atoms with Crippen molar-refractivity contribution in [2.24, 2.45) is 5.41 Å². The van der Waals surface area contributed by atoms with Crippen molar-refractivity contribution >= 4 is 23.2 Å². The molecule has 2 saturated heterocycles. The second kappa shape index (κ2) is 5.61. The van der Waals surface area contributed by atoms with E-state index in [1.54, 1.807) is 0 Å². The van der Waals surface area contributed by atoms with Gasteiger partial charge in [-0.3, -0.25) is 4.90 Å². The molecule has 0 atom stereocenters. The molecule has 0 aliphatic carbocycles. The summed E-state index contributed by atoms with van der Waals surface area (Å²) in [7, 11) is 0. The Morgan fingerprint density at radius 2 is 1.79 bits per heavy atom. The first kappa shape index (κ1) is 13.7. The molecule has 4 heteroatoms. The number of likely N-dealkylation sites (tertiary alicyclic amines) is 1. The van der Waals surface area contributed by atoms with Crippen LogP contribution in [-0.2, 0) is 6.54 Å². The number of hydrogen-bond donors (Lipinski definition) is 1. The number of halogens is 2. The van der Waals surface area contributed by atoms with Crippen molar-refractivity contribution in [3.8, 4) is 0 Å². The predicted octanol–water partition coefficient (Wildman–Crippen LogP) is 3.57. The molecule has 1 aromatic rings. The molecule has 2 aliphatic rings. The Balaban J connectivity index is 1.69. The van der Waals surface area contributed by atoms with E-state index in [4.69, 9.17) is 23.2 Å². The van der Waals surface area contributed by atoms with E-state index < -0.39 is 0 Å². The molecule has 0 unspecified atom stereocenters. The average molecular weight is 299 g/mol. The van der Waals surface area contributed by atoms with Gasteiger partial charge >= 0.3 is 0 Å². The number of rotatable bonds is 2. The second-order valence-electron chi connectivity index (χ2n) is 5.91. The van der Waals surface area contributed by atoms with E-state index >= 15 is 0 Å². The molecule has 2 heterocycles. The number of nitrogens with one attached hydrogen (secondary N) is 1. The van der Waals surface area contributed by atoms with Crippen molar-refractivity contribution in [1.82, 2.24) is 10.2 Å². The average Bonchev–Trinajstić information content (AvgIpc) is 2.78. The van der Waals surface area contributed by atoms with Gasteiger partial charge in [0.1, 0.15) is 0 Å². The van der Waals surface area contributed by atoms with Gasteiger partial charge in [0.2, 0.25) is 0 Å². The molecule has 1 aromatic carbocycles. The summed E-state index contributed by atoms with van der Waals surface area (Å²) in [5, 5.41) is 5.04. The molecule has 2 nitrogen and oxygen atoms in total. The number of benzene rings is 1. The Hall–Kier alpha value is -0.280. The van der Waals surface area contributed by atoms with Crippen molar-refractivity contribution < 1.29 is 0 Å². The van der Waals surface area contributed by atoms with Crippen molar-refractivity contribution in [2.45, 2.75) is 25.8 Å². The van der Waals surface area contributed by atoms with Gasteiger partial charge in [-0.05, 0) is 56.4 Å². The van der Waals surface area contributed by atoms with E-state index in [2.05, 4.69) is 10.2 Å². The van der Waals surface area contributed by atoms with Crippen LogP contribution in [0.4, 0.5) is 0 Å². The Labute approximate surface area is 125 Å². The fourth-order valence-corrected chi connectivity index (χ4v) is 3.95. The SMILES string of the molecule is Clc1cccc(Cl)c1CN1CCC2(CCNCC2)C1. The van der Waals surface area contributed by atoms with E-state index in [9.17, 15) is 0 Å². The van der Waals surface area contributed by atoms with Crippen LogP contribution in [0.3, 0.4) is 0 Å². The predicted molar refractivity (Wildman–Crippen MR) is 80.9 cm³/mol. The van der Waals surface area contributed by atoms with Crippen molar-refractivity contribution in [2.75, 3.05) is 26.2 Å². The summed E-state index contributed by atoms with van der Waals surface area (Å²) < 4.78 is 0. The van der Waals surface area contributed by atoms with Gasteiger partial charge in [0.25, 0.3) is 0 Å². The van der Waals surface area contributed by atoms with Gasteiger partial charge in [-0.2, -0.15) is 0 Å². The smallest absolute Gasteiger partial charge is 0.0465 e. The van der Waals surface area contributed by atoms with Gasteiger partial charge in [0, 0.05) is 28.7 Å². The van der Waals surface area contributed by atoms with E-state index in [1.165, 1.54) is 45.4 Å². The summed E-state index contributed by atoms with van der Waals surface area (Å²) in [5.41, 5.74) is 1.62. The van der Waals surface area contributed by atoms with Gasteiger partial charge in [-0.1, -0.05) is 29.3 Å². The van der Waals surface area contributed by atoms with Gasteiger partial charge in [0.15, 0.2) is 0 Å². The van der Waals surface area contributed by atoms with Crippen molar-refractivity contribution in [1.29, 1.82) is 0 Å². The van der Waals surface area contributed by atoms with Crippen LogP contribution < -0.4 is 5.32 Å². The number of piperidine rings is 1. The van der Waals surface area contributed by atoms with Gasteiger partial charge < -0.3 is 5.32 Å². The van der Waals surface area contributed by atoms with E-state index in [0.29, 0.717) is 5.41 Å². The van der Waals surface area contributed by atoms with Crippen LogP contribution >= 0.6 is 23.2 Å². The highest BCUT2D eigenvalue weighted by Crippen LogP contribution is 2.39. The maximum Gasteiger partial charge on any atom is 0.0465 e. The van der Waals surface area contributed by atoms with Gasteiger partial charge in [-0.15, -0.1) is 0 Å². The topological polar surface area (TPSA) is 15.3 Å². The first-order valence-corrected chi connectivity index (χ1v) is 7.80. The quantitative estimate of drug-likeness (QED) is 0.898. The maximum absolute atomic E-state index is 6.26. The first-order valence-electron chi connectivity index (χ1n) is 7.05. The minimum Gasteiger partial charge on any atom is -0.317 e. The second-order valence-corrected chi connectivity index (χ2v) is 6.73. The first-order chi connectivity index (χ1) is 9.19. The largest absolute Gasteiger partial charge is 0.317 e. The van der Waals surface area contributed by atoms with Crippen molar-refractivity contribution in [3.05, 3.63) is 33.8 Å². The Bertz CT molecular complexity index is 435. The molecule has 104 valence electrons. The molecular formula is C15H20Cl2N2. The highest BCUT2D eigenvalue weighted by Gasteiger charge is 2.38. The monoisotopic (exact) mass is 298 g/mol. The molecule has 0 saturated carbocycles. The molecule has 19 heavy (non-hydrogen) atoms. The van der Waals surface area contributed by atoms with Crippen molar-refractivity contribution in [3.63, 3.8) is 0 Å². The summed E-state index contributed by atoms with van der Waals surface area (Å²) in [5.74, 6) is 0. The third kappa shape index (κ3) is 2.92.